The summed E-state index contributed by atoms with van der Waals surface area (Å²) in [4.78, 5) is 4.50. The fourth-order valence-corrected chi connectivity index (χ4v) is 2.23. The summed E-state index contributed by atoms with van der Waals surface area (Å²) in [6, 6.07) is 10.5. The zero-order valence-electron chi connectivity index (χ0n) is 13.0. The van der Waals surface area contributed by atoms with E-state index in [-0.39, 0.29) is 5.41 Å². The van der Waals surface area contributed by atoms with E-state index in [1.165, 1.54) is 5.56 Å². The zero-order valence-corrected chi connectivity index (χ0v) is 13.0. The number of pyridine rings is 1. The molecule has 0 aliphatic heterocycles. The van der Waals surface area contributed by atoms with Gasteiger partial charge in [-0.3, -0.25) is 4.98 Å². The van der Waals surface area contributed by atoms with Crippen LogP contribution < -0.4 is 4.74 Å². The van der Waals surface area contributed by atoms with Crippen molar-refractivity contribution in [1.29, 1.82) is 0 Å². The topological polar surface area (TPSA) is 22.1 Å². The van der Waals surface area contributed by atoms with Crippen LogP contribution in [0.1, 0.15) is 38.8 Å². The second-order valence-electron chi connectivity index (χ2n) is 6.06. The van der Waals surface area contributed by atoms with Gasteiger partial charge in [-0.1, -0.05) is 32.9 Å². The van der Waals surface area contributed by atoms with E-state index in [1.807, 2.05) is 19.2 Å². The average Bonchev–Trinajstić information content (AvgIpc) is 2.39. The Kier molecular flexibility index (Phi) is 4.12. The molecule has 0 atom stereocenters. The summed E-state index contributed by atoms with van der Waals surface area (Å²) in [5, 5.41) is 0. The lowest BCUT2D eigenvalue weighted by Crippen LogP contribution is -2.11. The molecule has 1 aromatic carbocycles. The molecule has 0 saturated heterocycles. The lowest BCUT2D eigenvalue weighted by molar-refractivity contribution is 0.340. The molecule has 0 N–H and O–H groups in total. The molecule has 1 aromatic heterocycles. The van der Waals surface area contributed by atoms with Gasteiger partial charge in [0.05, 0.1) is 12.3 Å². The first kappa shape index (κ1) is 14.6. The van der Waals surface area contributed by atoms with Crippen LogP contribution in [0.15, 0.2) is 36.5 Å². The Hall–Kier alpha value is -1.83. The minimum atomic E-state index is 0.115. The number of nitrogens with zero attached hydrogens (tertiary/aromatic N) is 1. The Morgan fingerprint density at radius 1 is 1.15 bits per heavy atom. The quantitative estimate of drug-likeness (QED) is 0.802. The monoisotopic (exact) mass is 269 g/mol. The Morgan fingerprint density at radius 2 is 1.90 bits per heavy atom. The van der Waals surface area contributed by atoms with Crippen molar-refractivity contribution in [2.45, 2.75) is 40.0 Å². The third-order valence-electron chi connectivity index (χ3n) is 3.41. The molecule has 0 bridgehead atoms. The molecule has 0 aliphatic carbocycles. The second-order valence-corrected chi connectivity index (χ2v) is 6.06. The summed E-state index contributed by atoms with van der Waals surface area (Å²) in [6.45, 7) is 11.4. The highest BCUT2D eigenvalue weighted by molar-refractivity contribution is 5.70. The zero-order chi connectivity index (χ0) is 14.8. The molecule has 0 radical (unpaired) electrons. The van der Waals surface area contributed by atoms with Gasteiger partial charge in [-0.2, -0.15) is 0 Å². The summed E-state index contributed by atoms with van der Waals surface area (Å²) in [5.74, 6) is 0.918. The van der Waals surface area contributed by atoms with Gasteiger partial charge < -0.3 is 4.74 Å². The second kappa shape index (κ2) is 5.66. The molecule has 0 spiro atoms. The van der Waals surface area contributed by atoms with E-state index < -0.39 is 0 Å². The summed E-state index contributed by atoms with van der Waals surface area (Å²) in [6.07, 6.45) is 1.83. The molecule has 106 valence electrons. The molecule has 0 amide bonds. The van der Waals surface area contributed by atoms with Gasteiger partial charge in [-0.25, -0.2) is 0 Å². The first-order chi connectivity index (χ1) is 9.43. The maximum Gasteiger partial charge on any atom is 0.128 e. The van der Waals surface area contributed by atoms with Crippen molar-refractivity contribution < 1.29 is 4.74 Å². The van der Waals surface area contributed by atoms with E-state index in [0.29, 0.717) is 6.61 Å². The average molecular weight is 269 g/mol. The van der Waals surface area contributed by atoms with Gasteiger partial charge in [0.1, 0.15) is 5.75 Å². The number of hydrogen-bond donors (Lipinski definition) is 0. The van der Waals surface area contributed by atoms with Gasteiger partial charge in [-0.15, -0.1) is 0 Å². The van der Waals surface area contributed by atoms with Gasteiger partial charge in [-0.05, 0) is 48.6 Å². The van der Waals surface area contributed by atoms with Crippen LogP contribution in [-0.4, -0.2) is 11.6 Å². The Bertz CT molecular complexity index is 597. The third-order valence-corrected chi connectivity index (χ3v) is 3.41. The van der Waals surface area contributed by atoms with E-state index in [4.69, 9.17) is 4.74 Å². The van der Waals surface area contributed by atoms with Crippen LogP contribution in [0.25, 0.3) is 11.3 Å². The van der Waals surface area contributed by atoms with Gasteiger partial charge >= 0.3 is 0 Å². The Morgan fingerprint density at radius 3 is 2.50 bits per heavy atom. The van der Waals surface area contributed by atoms with Crippen molar-refractivity contribution in [2.24, 2.45) is 0 Å². The fraction of sp³-hybridized carbons (Fsp3) is 0.389. The van der Waals surface area contributed by atoms with E-state index in [0.717, 1.165) is 22.6 Å². The number of aryl methyl sites for hydroxylation is 1. The summed E-state index contributed by atoms with van der Waals surface area (Å²) in [5.41, 5.74) is 4.62. The van der Waals surface area contributed by atoms with E-state index in [9.17, 15) is 0 Å². The van der Waals surface area contributed by atoms with Gasteiger partial charge in [0.15, 0.2) is 0 Å². The van der Waals surface area contributed by atoms with Crippen molar-refractivity contribution in [1.82, 2.24) is 4.98 Å². The van der Waals surface area contributed by atoms with Crippen LogP contribution in [0.2, 0.25) is 0 Å². The molecule has 2 rings (SSSR count). The lowest BCUT2D eigenvalue weighted by atomic mass is 9.86. The number of rotatable bonds is 3. The SMILES string of the molecule is CCOc1cc(C(C)(C)C)ccc1-c1ncccc1C. The van der Waals surface area contributed by atoms with Crippen LogP contribution in [0.5, 0.6) is 5.75 Å². The normalized spacial score (nSPS) is 11.4. The highest BCUT2D eigenvalue weighted by Crippen LogP contribution is 2.35. The summed E-state index contributed by atoms with van der Waals surface area (Å²) in [7, 11) is 0. The first-order valence-electron chi connectivity index (χ1n) is 7.13. The van der Waals surface area contributed by atoms with Crippen LogP contribution in [0.4, 0.5) is 0 Å². The molecule has 0 unspecified atom stereocenters. The molecular formula is C18H23NO. The molecule has 2 heteroatoms. The van der Waals surface area contributed by atoms with E-state index >= 15 is 0 Å². The summed E-state index contributed by atoms with van der Waals surface area (Å²) < 4.78 is 5.84. The number of aromatic nitrogens is 1. The molecule has 0 saturated carbocycles. The maximum absolute atomic E-state index is 5.84. The first-order valence-corrected chi connectivity index (χ1v) is 7.13. The standard InChI is InChI=1S/C18H23NO/c1-6-20-16-12-14(18(3,4)5)9-10-15(16)17-13(2)8-7-11-19-17/h7-12H,6H2,1-5H3. The molecule has 2 nitrogen and oxygen atoms in total. The lowest BCUT2D eigenvalue weighted by Gasteiger charge is -2.21. The molecule has 0 aliphatic rings. The van der Waals surface area contributed by atoms with E-state index in [2.05, 4.69) is 56.9 Å². The van der Waals surface area contributed by atoms with Crippen LogP contribution in [-0.2, 0) is 5.41 Å². The summed E-state index contributed by atoms with van der Waals surface area (Å²) >= 11 is 0. The number of hydrogen-bond acceptors (Lipinski definition) is 2. The highest BCUT2D eigenvalue weighted by Gasteiger charge is 2.17. The Labute approximate surface area is 121 Å². The number of ether oxygens (including phenoxy) is 1. The predicted molar refractivity (Wildman–Crippen MR) is 84.3 cm³/mol. The van der Waals surface area contributed by atoms with Gasteiger partial charge in [0.25, 0.3) is 0 Å². The molecule has 1 heterocycles. The minimum Gasteiger partial charge on any atom is -0.493 e. The fourth-order valence-electron chi connectivity index (χ4n) is 2.23. The van der Waals surface area contributed by atoms with Crippen molar-refractivity contribution in [3.8, 4) is 17.0 Å². The molecule has 2 aromatic rings. The number of benzene rings is 1. The van der Waals surface area contributed by atoms with Crippen molar-refractivity contribution in [3.05, 3.63) is 47.7 Å². The van der Waals surface area contributed by atoms with Crippen molar-refractivity contribution in [3.63, 3.8) is 0 Å². The molecular weight excluding hydrogens is 246 g/mol. The molecule has 20 heavy (non-hydrogen) atoms. The van der Waals surface area contributed by atoms with Crippen molar-refractivity contribution >= 4 is 0 Å². The molecule has 0 fully saturated rings. The van der Waals surface area contributed by atoms with Crippen LogP contribution in [0, 0.1) is 6.92 Å². The third kappa shape index (κ3) is 3.01. The van der Waals surface area contributed by atoms with E-state index in [1.54, 1.807) is 0 Å². The largest absolute Gasteiger partial charge is 0.493 e. The smallest absolute Gasteiger partial charge is 0.128 e. The van der Waals surface area contributed by atoms with Crippen LogP contribution in [0.3, 0.4) is 0 Å². The minimum absolute atomic E-state index is 0.115. The van der Waals surface area contributed by atoms with Gasteiger partial charge in [0, 0.05) is 11.8 Å². The van der Waals surface area contributed by atoms with Crippen molar-refractivity contribution in [2.75, 3.05) is 6.61 Å². The van der Waals surface area contributed by atoms with Crippen LogP contribution >= 0.6 is 0 Å². The highest BCUT2D eigenvalue weighted by atomic mass is 16.5. The van der Waals surface area contributed by atoms with Gasteiger partial charge in [0.2, 0.25) is 0 Å². The predicted octanol–water partition coefficient (Wildman–Crippen LogP) is 4.75. The Balaban J connectivity index is 2.56. The maximum atomic E-state index is 5.84.